The minimum atomic E-state index is -0.731. The summed E-state index contributed by atoms with van der Waals surface area (Å²) in [5.41, 5.74) is 0.480. The Hall–Kier alpha value is -2.71. The second-order valence-corrected chi connectivity index (χ2v) is 7.60. The molecule has 1 saturated heterocycles. The van der Waals surface area contributed by atoms with E-state index in [1.54, 1.807) is 42.2 Å². The predicted molar refractivity (Wildman–Crippen MR) is 115 cm³/mol. The maximum absolute atomic E-state index is 12.8. The van der Waals surface area contributed by atoms with Crippen LogP contribution in [0, 0.1) is 10.1 Å². The summed E-state index contributed by atoms with van der Waals surface area (Å²) in [6.07, 6.45) is -0.731. The Bertz CT molecular complexity index is 948. The molecule has 1 aliphatic heterocycles. The summed E-state index contributed by atoms with van der Waals surface area (Å²) in [6.45, 7) is 3.43. The number of rotatable bonds is 6. The molecule has 0 radical (unpaired) electrons. The Morgan fingerprint density at radius 1 is 1.13 bits per heavy atom. The first-order chi connectivity index (χ1) is 14.3. The number of halogens is 2. The fraction of sp³-hybridized carbons (Fsp3) is 0.350. The lowest BCUT2D eigenvalue weighted by Crippen LogP contribution is -2.52. The van der Waals surface area contributed by atoms with Gasteiger partial charge in [-0.15, -0.1) is 0 Å². The van der Waals surface area contributed by atoms with Crippen molar-refractivity contribution in [2.24, 2.45) is 0 Å². The number of nitro groups is 1. The van der Waals surface area contributed by atoms with Gasteiger partial charge >= 0.3 is 0 Å². The third-order valence-corrected chi connectivity index (χ3v) is 5.39. The van der Waals surface area contributed by atoms with Gasteiger partial charge in [-0.3, -0.25) is 14.9 Å². The highest BCUT2D eigenvalue weighted by Crippen LogP contribution is 2.33. The van der Waals surface area contributed by atoms with Gasteiger partial charge in [-0.05, 0) is 37.3 Å². The van der Waals surface area contributed by atoms with Crippen LogP contribution in [-0.2, 0) is 4.79 Å². The molecular weight excluding hydrogens is 433 g/mol. The number of amides is 1. The van der Waals surface area contributed by atoms with Crippen LogP contribution in [0.2, 0.25) is 10.0 Å². The smallest absolute Gasteiger partial charge is 0.296 e. The van der Waals surface area contributed by atoms with Crippen LogP contribution in [0.4, 0.5) is 11.4 Å². The Morgan fingerprint density at radius 2 is 1.83 bits per heavy atom. The van der Waals surface area contributed by atoms with Gasteiger partial charge in [0.1, 0.15) is 17.2 Å². The number of benzene rings is 2. The minimum absolute atomic E-state index is 0.0248. The molecular formula is C20H21Cl2N3O5. The van der Waals surface area contributed by atoms with Gasteiger partial charge in [0.25, 0.3) is 11.6 Å². The second kappa shape index (κ2) is 9.40. The summed E-state index contributed by atoms with van der Waals surface area (Å²) < 4.78 is 10.8. The van der Waals surface area contributed by atoms with E-state index in [4.69, 9.17) is 32.7 Å². The number of ether oxygens (including phenoxy) is 2. The van der Waals surface area contributed by atoms with Crippen molar-refractivity contribution in [3.63, 3.8) is 0 Å². The Labute approximate surface area is 184 Å². The molecule has 30 heavy (non-hydrogen) atoms. The molecule has 0 bridgehead atoms. The highest BCUT2D eigenvalue weighted by atomic mass is 35.5. The van der Waals surface area contributed by atoms with E-state index in [1.807, 2.05) is 4.90 Å². The van der Waals surface area contributed by atoms with Crippen LogP contribution in [0.5, 0.6) is 11.5 Å². The van der Waals surface area contributed by atoms with E-state index in [2.05, 4.69) is 0 Å². The molecule has 1 heterocycles. The largest absolute Gasteiger partial charge is 0.496 e. The van der Waals surface area contributed by atoms with Crippen molar-refractivity contribution in [1.29, 1.82) is 0 Å². The molecule has 1 fully saturated rings. The first-order valence-electron chi connectivity index (χ1n) is 9.28. The van der Waals surface area contributed by atoms with E-state index < -0.39 is 11.0 Å². The van der Waals surface area contributed by atoms with Crippen LogP contribution in [0.25, 0.3) is 0 Å². The number of carbonyl (C=O) groups excluding carboxylic acids is 1. The van der Waals surface area contributed by atoms with Crippen molar-refractivity contribution < 1.29 is 19.2 Å². The van der Waals surface area contributed by atoms with Crippen molar-refractivity contribution in [3.05, 3.63) is 56.6 Å². The van der Waals surface area contributed by atoms with Crippen molar-refractivity contribution >= 4 is 40.5 Å². The van der Waals surface area contributed by atoms with Crippen LogP contribution >= 0.6 is 23.2 Å². The molecule has 0 aromatic heterocycles. The molecule has 0 spiro atoms. The molecule has 0 N–H and O–H groups in total. The van der Waals surface area contributed by atoms with Gasteiger partial charge in [-0.1, -0.05) is 23.2 Å². The summed E-state index contributed by atoms with van der Waals surface area (Å²) in [5, 5.41) is 12.3. The molecule has 2 aromatic carbocycles. The number of anilines is 1. The van der Waals surface area contributed by atoms with Gasteiger partial charge in [0.05, 0.1) is 23.1 Å². The second-order valence-electron chi connectivity index (χ2n) is 6.76. The third kappa shape index (κ3) is 4.88. The summed E-state index contributed by atoms with van der Waals surface area (Å²) in [6, 6.07) is 9.57. The van der Waals surface area contributed by atoms with Gasteiger partial charge < -0.3 is 19.3 Å². The fourth-order valence-corrected chi connectivity index (χ4v) is 3.73. The van der Waals surface area contributed by atoms with Crippen molar-refractivity contribution in [2.45, 2.75) is 13.0 Å². The highest BCUT2D eigenvalue weighted by Gasteiger charge is 2.29. The zero-order valence-corrected chi connectivity index (χ0v) is 18.0. The lowest BCUT2D eigenvalue weighted by atomic mass is 10.2. The number of methoxy groups -OCH3 is 1. The molecule has 160 valence electrons. The van der Waals surface area contributed by atoms with Crippen molar-refractivity contribution in [1.82, 2.24) is 4.90 Å². The van der Waals surface area contributed by atoms with Gasteiger partial charge in [0.2, 0.25) is 0 Å². The molecule has 3 rings (SSSR count). The zero-order valence-electron chi connectivity index (χ0n) is 16.5. The summed E-state index contributed by atoms with van der Waals surface area (Å²) in [5.74, 6) is 0.630. The first kappa shape index (κ1) is 22.0. The van der Waals surface area contributed by atoms with E-state index >= 15 is 0 Å². The molecule has 10 heteroatoms. The lowest BCUT2D eigenvalue weighted by molar-refractivity contribution is -0.384. The molecule has 1 atom stereocenters. The minimum Gasteiger partial charge on any atom is -0.496 e. The Morgan fingerprint density at radius 3 is 2.43 bits per heavy atom. The van der Waals surface area contributed by atoms with Crippen molar-refractivity contribution in [2.75, 3.05) is 38.2 Å². The Balaban J connectivity index is 1.64. The quantitative estimate of drug-likeness (QED) is 0.484. The van der Waals surface area contributed by atoms with Gasteiger partial charge in [0.15, 0.2) is 6.10 Å². The fourth-order valence-electron chi connectivity index (χ4n) is 3.28. The lowest BCUT2D eigenvalue weighted by Gasteiger charge is -2.36. The van der Waals surface area contributed by atoms with Crippen LogP contribution < -0.4 is 14.4 Å². The molecule has 0 aliphatic carbocycles. The number of nitrogens with zero attached hydrogens (tertiary/aromatic N) is 3. The van der Waals surface area contributed by atoms with Crippen LogP contribution in [0.15, 0.2) is 36.4 Å². The number of piperazine rings is 1. The SMILES string of the molecule is COc1ccc(N2CCN(C(=O)C(C)Oc3ccc(Cl)cc3Cl)CC2)c([N+](=O)[O-])c1. The number of hydrogen-bond donors (Lipinski definition) is 0. The van der Waals surface area contributed by atoms with Crippen LogP contribution in [-0.4, -0.2) is 55.1 Å². The summed E-state index contributed by atoms with van der Waals surface area (Å²) >= 11 is 12.0. The molecule has 0 saturated carbocycles. The van der Waals surface area contributed by atoms with Crippen LogP contribution in [0.1, 0.15) is 6.92 Å². The molecule has 1 aliphatic rings. The third-order valence-electron chi connectivity index (χ3n) is 4.86. The van der Waals surface area contributed by atoms with E-state index in [0.717, 1.165) is 0 Å². The predicted octanol–water partition coefficient (Wildman–Crippen LogP) is 4.03. The summed E-state index contributed by atoms with van der Waals surface area (Å²) in [7, 11) is 1.46. The highest BCUT2D eigenvalue weighted by molar-refractivity contribution is 6.35. The summed E-state index contributed by atoms with van der Waals surface area (Å²) in [4.78, 5) is 27.4. The average molecular weight is 454 g/mol. The van der Waals surface area contributed by atoms with E-state index in [9.17, 15) is 14.9 Å². The van der Waals surface area contributed by atoms with Gasteiger partial charge in [-0.25, -0.2) is 0 Å². The topological polar surface area (TPSA) is 85.2 Å². The first-order valence-corrected chi connectivity index (χ1v) is 10.0. The normalized spacial score (nSPS) is 14.9. The number of carbonyl (C=O) groups is 1. The standard InChI is InChI=1S/C20H21Cl2N3O5/c1-13(30-19-6-3-14(21)11-16(19)22)20(26)24-9-7-23(8-10-24)17-5-4-15(29-2)12-18(17)25(27)28/h3-6,11-13H,7-10H2,1-2H3. The Kier molecular flexibility index (Phi) is 6.89. The molecule has 8 nitrogen and oxygen atoms in total. The van der Waals surface area contributed by atoms with E-state index in [1.165, 1.54) is 13.2 Å². The number of hydrogen-bond acceptors (Lipinski definition) is 6. The van der Waals surface area contributed by atoms with E-state index in [-0.39, 0.29) is 11.6 Å². The van der Waals surface area contributed by atoms with Crippen LogP contribution in [0.3, 0.4) is 0 Å². The maximum atomic E-state index is 12.8. The zero-order chi connectivity index (χ0) is 21.8. The average Bonchev–Trinajstić information content (AvgIpc) is 2.74. The van der Waals surface area contributed by atoms with Gasteiger partial charge in [0, 0.05) is 31.2 Å². The molecule has 1 unspecified atom stereocenters. The van der Waals surface area contributed by atoms with E-state index in [0.29, 0.717) is 53.4 Å². The molecule has 2 aromatic rings. The van der Waals surface area contributed by atoms with Crippen molar-refractivity contribution in [3.8, 4) is 11.5 Å². The molecule has 1 amide bonds. The number of nitro benzene ring substituents is 1. The maximum Gasteiger partial charge on any atom is 0.296 e. The van der Waals surface area contributed by atoms with Gasteiger partial charge in [-0.2, -0.15) is 0 Å². The monoisotopic (exact) mass is 453 g/mol.